The minimum atomic E-state index is -4.45. The molecule has 0 amide bonds. The van der Waals surface area contributed by atoms with Gasteiger partial charge in [-0.3, -0.25) is 4.98 Å². The Morgan fingerprint density at radius 1 is 0.822 bits per heavy atom. The molecule has 0 saturated carbocycles. The summed E-state index contributed by atoms with van der Waals surface area (Å²) in [6.45, 7) is 0. The summed E-state index contributed by atoms with van der Waals surface area (Å²) in [6, 6.07) is 26.8. The predicted octanol–water partition coefficient (Wildman–Crippen LogP) is 11.0. The second kappa shape index (κ2) is 13.0. The summed E-state index contributed by atoms with van der Waals surface area (Å²) in [5.74, 6) is 1.81. The SMILES string of the molecule is COc1cccc2c1c(OC)cc1c3c(ccc12)C(CCc1cccc(C(F)(F)F)c1Cl)CCC3.c1ccc2cnccc2c1. The van der Waals surface area contributed by atoms with Crippen molar-refractivity contribution in [3.05, 3.63) is 125 Å². The summed E-state index contributed by atoms with van der Waals surface area (Å²) < 4.78 is 51.2. The lowest BCUT2D eigenvalue weighted by molar-refractivity contribution is -0.137. The van der Waals surface area contributed by atoms with Crippen molar-refractivity contribution >= 4 is 43.9 Å². The molecule has 1 atom stereocenters. The van der Waals surface area contributed by atoms with Crippen LogP contribution in [0.15, 0.2) is 97.3 Å². The molecule has 0 saturated heterocycles. The number of fused-ring (bicyclic) bond motifs is 6. The van der Waals surface area contributed by atoms with E-state index in [1.807, 2.05) is 42.7 Å². The first kappa shape index (κ1) is 30.7. The Kier molecular flexibility index (Phi) is 8.86. The maximum absolute atomic E-state index is 13.3. The summed E-state index contributed by atoms with van der Waals surface area (Å²) in [5, 5.41) is 6.62. The summed E-state index contributed by atoms with van der Waals surface area (Å²) in [7, 11) is 3.33. The maximum Gasteiger partial charge on any atom is 0.417 e. The minimum absolute atomic E-state index is 0.181. The zero-order valence-corrected chi connectivity index (χ0v) is 25.9. The van der Waals surface area contributed by atoms with Crippen LogP contribution in [0.25, 0.3) is 32.3 Å². The third-order valence-corrected chi connectivity index (χ3v) is 9.23. The number of halogens is 4. The van der Waals surface area contributed by atoms with Crippen LogP contribution < -0.4 is 9.47 Å². The Morgan fingerprint density at radius 2 is 1.60 bits per heavy atom. The monoisotopic (exact) mass is 627 g/mol. The van der Waals surface area contributed by atoms with Crippen molar-refractivity contribution in [3.8, 4) is 11.5 Å². The standard InChI is InChI=1S/C29H26ClF3O2.C9H7N/c1-34-25-11-5-9-22-21-15-14-19-17(6-3-8-20(19)23(21)16-26(35-2)27(22)25)12-13-18-7-4-10-24(28(18)30)29(31,32)33;1-2-4-9-7-10-6-5-8(9)3-1/h4-5,7,9-11,14-17H,3,6,8,12-13H2,1-2H3;1-7H. The number of pyridine rings is 1. The lowest BCUT2D eigenvalue weighted by atomic mass is 9.77. The fraction of sp³-hybridized carbons (Fsp3) is 0.237. The van der Waals surface area contributed by atoms with Gasteiger partial charge in [0.05, 0.1) is 30.2 Å². The number of aromatic nitrogens is 1. The molecule has 45 heavy (non-hydrogen) atoms. The number of alkyl halides is 3. The van der Waals surface area contributed by atoms with Gasteiger partial charge in [0.2, 0.25) is 0 Å². The Balaban J connectivity index is 0.000000301. The van der Waals surface area contributed by atoms with Gasteiger partial charge in [0.1, 0.15) is 11.5 Å². The first-order valence-corrected chi connectivity index (χ1v) is 15.4. The first-order valence-electron chi connectivity index (χ1n) is 15.0. The predicted molar refractivity (Wildman–Crippen MR) is 177 cm³/mol. The third-order valence-electron chi connectivity index (χ3n) is 8.79. The van der Waals surface area contributed by atoms with E-state index in [0.717, 1.165) is 59.4 Å². The number of nitrogens with zero attached hydrogens (tertiary/aromatic N) is 1. The van der Waals surface area contributed by atoms with Gasteiger partial charge in [-0.1, -0.05) is 72.3 Å². The van der Waals surface area contributed by atoms with Gasteiger partial charge in [0.15, 0.2) is 0 Å². The summed E-state index contributed by atoms with van der Waals surface area (Å²) in [4.78, 5) is 4.01. The summed E-state index contributed by atoms with van der Waals surface area (Å²) >= 11 is 6.16. The van der Waals surface area contributed by atoms with Crippen molar-refractivity contribution < 1.29 is 22.6 Å². The maximum atomic E-state index is 13.3. The van der Waals surface area contributed by atoms with Gasteiger partial charge in [0.25, 0.3) is 0 Å². The van der Waals surface area contributed by atoms with Crippen molar-refractivity contribution in [2.45, 2.75) is 44.2 Å². The van der Waals surface area contributed by atoms with Crippen molar-refractivity contribution in [2.24, 2.45) is 0 Å². The Hall–Kier alpha value is -4.29. The minimum Gasteiger partial charge on any atom is -0.496 e. The van der Waals surface area contributed by atoms with Crippen molar-refractivity contribution in [2.75, 3.05) is 14.2 Å². The van der Waals surface area contributed by atoms with E-state index < -0.39 is 11.7 Å². The fourth-order valence-electron chi connectivity index (χ4n) is 6.62. The second-order valence-electron chi connectivity index (χ2n) is 11.3. The largest absolute Gasteiger partial charge is 0.496 e. The molecule has 230 valence electrons. The number of aryl methyl sites for hydroxylation is 2. The molecule has 3 nitrogen and oxygen atoms in total. The summed E-state index contributed by atoms with van der Waals surface area (Å²) in [5.41, 5.74) is 2.36. The van der Waals surface area contributed by atoms with Gasteiger partial charge in [-0.25, -0.2) is 0 Å². The molecule has 1 heterocycles. The molecule has 1 aliphatic rings. The molecule has 7 rings (SSSR count). The molecule has 0 spiro atoms. The Morgan fingerprint density at radius 3 is 2.36 bits per heavy atom. The van der Waals surface area contributed by atoms with Gasteiger partial charge in [-0.2, -0.15) is 13.2 Å². The molecule has 0 fully saturated rings. The van der Waals surface area contributed by atoms with Crippen LogP contribution in [0.2, 0.25) is 5.02 Å². The van der Waals surface area contributed by atoms with Crippen molar-refractivity contribution in [1.82, 2.24) is 4.98 Å². The van der Waals surface area contributed by atoms with Crippen LogP contribution in [0.5, 0.6) is 11.5 Å². The van der Waals surface area contributed by atoms with Crippen LogP contribution in [0, 0.1) is 0 Å². The van der Waals surface area contributed by atoms with Gasteiger partial charge < -0.3 is 9.47 Å². The lowest BCUT2D eigenvalue weighted by Crippen LogP contribution is -2.12. The van der Waals surface area contributed by atoms with E-state index in [2.05, 4.69) is 41.4 Å². The normalized spacial score (nSPS) is 14.6. The van der Waals surface area contributed by atoms with E-state index in [1.165, 1.54) is 33.4 Å². The average Bonchev–Trinajstić information content (AvgIpc) is 3.06. The van der Waals surface area contributed by atoms with Gasteiger partial charge in [-0.05, 0) is 106 Å². The molecule has 1 aliphatic carbocycles. The van der Waals surface area contributed by atoms with Crippen LogP contribution in [0.1, 0.15) is 47.4 Å². The van der Waals surface area contributed by atoms with E-state index in [-0.39, 0.29) is 10.9 Å². The molecule has 1 aromatic heterocycles. The van der Waals surface area contributed by atoms with E-state index >= 15 is 0 Å². The van der Waals surface area contributed by atoms with E-state index in [0.29, 0.717) is 12.0 Å². The molecular weight excluding hydrogens is 595 g/mol. The molecule has 0 N–H and O–H groups in total. The highest BCUT2D eigenvalue weighted by atomic mass is 35.5. The molecule has 0 bridgehead atoms. The average molecular weight is 628 g/mol. The highest BCUT2D eigenvalue weighted by Gasteiger charge is 2.34. The van der Waals surface area contributed by atoms with Crippen LogP contribution >= 0.6 is 11.6 Å². The van der Waals surface area contributed by atoms with Gasteiger partial charge in [-0.15, -0.1) is 0 Å². The topological polar surface area (TPSA) is 31.4 Å². The highest BCUT2D eigenvalue weighted by Crippen LogP contribution is 2.45. The molecule has 1 unspecified atom stereocenters. The van der Waals surface area contributed by atoms with Gasteiger partial charge in [0, 0.05) is 12.4 Å². The number of ether oxygens (including phenoxy) is 2. The number of hydrogen-bond acceptors (Lipinski definition) is 3. The molecule has 0 aliphatic heterocycles. The molecule has 0 radical (unpaired) electrons. The number of rotatable bonds is 5. The third kappa shape index (κ3) is 6.16. The number of benzene rings is 5. The second-order valence-corrected chi connectivity index (χ2v) is 11.7. The molecule has 5 aromatic carbocycles. The quantitative estimate of drug-likeness (QED) is 0.178. The van der Waals surface area contributed by atoms with Crippen molar-refractivity contribution in [3.63, 3.8) is 0 Å². The smallest absolute Gasteiger partial charge is 0.417 e. The van der Waals surface area contributed by atoms with Crippen LogP contribution in [-0.2, 0) is 19.0 Å². The lowest BCUT2D eigenvalue weighted by Gasteiger charge is -2.28. The van der Waals surface area contributed by atoms with Crippen LogP contribution in [-0.4, -0.2) is 19.2 Å². The number of hydrogen-bond donors (Lipinski definition) is 0. The number of methoxy groups -OCH3 is 2. The van der Waals surface area contributed by atoms with E-state index in [1.54, 1.807) is 20.3 Å². The van der Waals surface area contributed by atoms with E-state index in [4.69, 9.17) is 21.1 Å². The first-order chi connectivity index (χ1) is 21.8. The van der Waals surface area contributed by atoms with Crippen LogP contribution in [0.3, 0.4) is 0 Å². The van der Waals surface area contributed by atoms with E-state index in [9.17, 15) is 13.2 Å². The zero-order chi connectivity index (χ0) is 31.6. The Labute approximate surface area is 265 Å². The molecule has 6 aromatic rings. The van der Waals surface area contributed by atoms with Gasteiger partial charge >= 0.3 is 6.18 Å². The zero-order valence-electron chi connectivity index (χ0n) is 25.1. The highest BCUT2D eigenvalue weighted by molar-refractivity contribution is 6.32. The van der Waals surface area contributed by atoms with Crippen LogP contribution in [0.4, 0.5) is 13.2 Å². The molecular formula is C38H33ClF3NO2. The molecule has 7 heteroatoms. The fourth-order valence-corrected chi connectivity index (χ4v) is 6.94. The summed E-state index contributed by atoms with van der Waals surface area (Å²) in [6.07, 6.45) is 3.48. The Bertz CT molecular complexity index is 1920. The van der Waals surface area contributed by atoms with Crippen molar-refractivity contribution in [1.29, 1.82) is 0 Å².